The second-order valence-corrected chi connectivity index (χ2v) is 7.80. The minimum atomic E-state index is -0.387. The van der Waals surface area contributed by atoms with Crippen molar-refractivity contribution in [3.63, 3.8) is 0 Å². The Morgan fingerprint density at radius 2 is 1.74 bits per heavy atom. The van der Waals surface area contributed by atoms with Crippen molar-refractivity contribution in [3.8, 4) is 0 Å². The number of hydrogen-bond acceptors (Lipinski definition) is 4. The summed E-state index contributed by atoms with van der Waals surface area (Å²) >= 11 is 0. The van der Waals surface area contributed by atoms with Crippen molar-refractivity contribution in [2.45, 2.75) is 26.7 Å². The normalized spacial score (nSPS) is 14.5. The van der Waals surface area contributed by atoms with E-state index >= 15 is 0 Å². The van der Waals surface area contributed by atoms with E-state index in [2.05, 4.69) is 5.32 Å². The van der Waals surface area contributed by atoms with E-state index in [-0.39, 0.29) is 30.3 Å². The summed E-state index contributed by atoms with van der Waals surface area (Å²) in [5.74, 6) is -1.11. The lowest BCUT2D eigenvalue weighted by molar-refractivity contribution is -0.153. The minimum Gasteiger partial charge on any atom is -0.455 e. The molecule has 2 amide bonds. The molecule has 1 N–H and O–H groups in total. The molecule has 1 heterocycles. The van der Waals surface area contributed by atoms with Crippen molar-refractivity contribution < 1.29 is 19.1 Å². The number of anilines is 1. The third kappa shape index (κ3) is 6.54. The Kier molecular flexibility index (Phi) is 7.60. The third-order valence-electron chi connectivity index (χ3n) is 5.49. The maximum absolute atomic E-state index is 12.4. The van der Waals surface area contributed by atoms with Crippen LogP contribution >= 0.6 is 0 Å². The highest BCUT2D eigenvalue weighted by Crippen LogP contribution is 2.19. The molecule has 0 spiro atoms. The van der Waals surface area contributed by atoms with Crippen LogP contribution in [0.25, 0.3) is 6.08 Å². The van der Waals surface area contributed by atoms with Crippen LogP contribution in [-0.4, -0.2) is 42.4 Å². The number of rotatable bonds is 6. The third-order valence-corrected chi connectivity index (χ3v) is 5.49. The van der Waals surface area contributed by atoms with Gasteiger partial charge in [-0.3, -0.25) is 14.4 Å². The molecule has 31 heavy (non-hydrogen) atoms. The summed E-state index contributed by atoms with van der Waals surface area (Å²) in [6, 6.07) is 15.3. The first-order valence-electron chi connectivity index (χ1n) is 10.5. The van der Waals surface area contributed by atoms with Crippen molar-refractivity contribution in [2.24, 2.45) is 5.92 Å². The topological polar surface area (TPSA) is 75.7 Å². The van der Waals surface area contributed by atoms with E-state index in [1.807, 2.05) is 62.4 Å². The van der Waals surface area contributed by atoms with Crippen molar-refractivity contribution >= 4 is 29.5 Å². The molecule has 1 aliphatic heterocycles. The van der Waals surface area contributed by atoms with Gasteiger partial charge in [0.25, 0.3) is 5.91 Å². The number of aryl methyl sites for hydroxylation is 2. The van der Waals surface area contributed by atoms with E-state index in [0.29, 0.717) is 31.6 Å². The first-order chi connectivity index (χ1) is 14.9. The first kappa shape index (κ1) is 22.3. The highest BCUT2D eigenvalue weighted by atomic mass is 16.5. The molecule has 0 unspecified atom stereocenters. The summed E-state index contributed by atoms with van der Waals surface area (Å²) in [6.07, 6.45) is 4.41. The largest absolute Gasteiger partial charge is 0.455 e. The number of carbonyl (C=O) groups is 3. The van der Waals surface area contributed by atoms with E-state index in [1.54, 1.807) is 17.1 Å². The van der Waals surface area contributed by atoms with Crippen LogP contribution in [0.15, 0.2) is 54.6 Å². The quantitative estimate of drug-likeness (QED) is 0.571. The molecule has 6 heteroatoms. The van der Waals surface area contributed by atoms with Crippen molar-refractivity contribution in [2.75, 3.05) is 25.0 Å². The van der Waals surface area contributed by atoms with Crippen LogP contribution in [0.3, 0.4) is 0 Å². The van der Waals surface area contributed by atoms with E-state index in [4.69, 9.17) is 4.74 Å². The smallest absolute Gasteiger partial charge is 0.309 e. The van der Waals surface area contributed by atoms with Gasteiger partial charge in [-0.05, 0) is 61.6 Å². The maximum Gasteiger partial charge on any atom is 0.309 e. The number of ether oxygens (including phenoxy) is 1. The van der Waals surface area contributed by atoms with Gasteiger partial charge in [0.15, 0.2) is 6.61 Å². The Morgan fingerprint density at radius 3 is 2.42 bits per heavy atom. The zero-order chi connectivity index (χ0) is 22.2. The molecular weight excluding hydrogens is 392 g/mol. The van der Waals surface area contributed by atoms with Crippen LogP contribution in [0.5, 0.6) is 0 Å². The zero-order valence-corrected chi connectivity index (χ0v) is 18.0. The lowest BCUT2D eigenvalue weighted by Crippen LogP contribution is -2.40. The molecule has 0 bridgehead atoms. The molecule has 1 fully saturated rings. The second kappa shape index (κ2) is 10.6. The van der Waals surface area contributed by atoms with Crippen LogP contribution in [0.1, 0.15) is 29.5 Å². The first-order valence-corrected chi connectivity index (χ1v) is 10.5. The Hall–Kier alpha value is -3.41. The van der Waals surface area contributed by atoms with Gasteiger partial charge in [0, 0.05) is 24.9 Å². The number of piperidine rings is 1. The van der Waals surface area contributed by atoms with Gasteiger partial charge in [0.2, 0.25) is 5.91 Å². The number of esters is 1. The number of hydrogen-bond donors (Lipinski definition) is 1. The average Bonchev–Trinajstić information content (AvgIpc) is 2.79. The number of nitrogens with one attached hydrogen (secondary N) is 1. The van der Waals surface area contributed by atoms with Crippen LogP contribution < -0.4 is 5.32 Å². The predicted octanol–water partition coefficient (Wildman–Crippen LogP) is 3.74. The minimum absolute atomic E-state index is 0.0663. The molecule has 2 aromatic carbocycles. The SMILES string of the molecule is Cc1ccc(NC(=O)COC(=O)C2CCN(C(=O)/C=C/c3ccccc3)CC2)cc1C. The van der Waals surface area contributed by atoms with Gasteiger partial charge in [0.1, 0.15) is 0 Å². The van der Waals surface area contributed by atoms with Gasteiger partial charge in [-0.15, -0.1) is 0 Å². The van der Waals surface area contributed by atoms with Gasteiger partial charge in [-0.2, -0.15) is 0 Å². The second-order valence-electron chi connectivity index (χ2n) is 7.80. The number of likely N-dealkylation sites (tertiary alicyclic amines) is 1. The Labute approximate surface area is 182 Å². The maximum atomic E-state index is 12.4. The molecule has 0 aliphatic carbocycles. The fourth-order valence-electron chi connectivity index (χ4n) is 3.44. The lowest BCUT2D eigenvalue weighted by atomic mass is 9.97. The Bertz CT molecular complexity index is 961. The monoisotopic (exact) mass is 420 g/mol. The molecule has 0 saturated carbocycles. The van der Waals surface area contributed by atoms with E-state index in [9.17, 15) is 14.4 Å². The molecule has 1 saturated heterocycles. The van der Waals surface area contributed by atoms with Gasteiger partial charge < -0.3 is 15.0 Å². The van der Waals surface area contributed by atoms with Crippen molar-refractivity contribution in [3.05, 3.63) is 71.3 Å². The number of benzene rings is 2. The molecule has 162 valence electrons. The predicted molar refractivity (Wildman–Crippen MR) is 120 cm³/mol. The van der Waals surface area contributed by atoms with Gasteiger partial charge in [-0.25, -0.2) is 0 Å². The average molecular weight is 421 g/mol. The van der Waals surface area contributed by atoms with E-state index in [1.165, 1.54) is 0 Å². The van der Waals surface area contributed by atoms with Gasteiger partial charge in [0.05, 0.1) is 5.92 Å². The van der Waals surface area contributed by atoms with Gasteiger partial charge >= 0.3 is 5.97 Å². The summed E-state index contributed by atoms with van der Waals surface area (Å²) in [7, 11) is 0. The molecule has 0 atom stereocenters. The lowest BCUT2D eigenvalue weighted by Gasteiger charge is -2.30. The fraction of sp³-hybridized carbons (Fsp3) is 0.320. The number of amides is 2. The molecule has 6 nitrogen and oxygen atoms in total. The Balaban J connectivity index is 1.40. The summed E-state index contributed by atoms with van der Waals surface area (Å²) in [4.78, 5) is 38.5. The molecule has 0 radical (unpaired) electrons. The molecule has 0 aromatic heterocycles. The van der Waals surface area contributed by atoms with Crippen LogP contribution in [-0.2, 0) is 19.1 Å². The Morgan fingerprint density at radius 1 is 1.03 bits per heavy atom. The van der Waals surface area contributed by atoms with E-state index < -0.39 is 0 Å². The highest BCUT2D eigenvalue weighted by Gasteiger charge is 2.28. The van der Waals surface area contributed by atoms with Crippen LogP contribution in [0.4, 0.5) is 5.69 Å². The van der Waals surface area contributed by atoms with Crippen LogP contribution in [0.2, 0.25) is 0 Å². The molecular formula is C25H28N2O4. The summed E-state index contributed by atoms with van der Waals surface area (Å²) in [6.45, 7) is 4.64. The highest BCUT2D eigenvalue weighted by molar-refractivity contribution is 5.93. The number of carbonyl (C=O) groups excluding carboxylic acids is 3. The zero-order valence-electron chi connectivity index (χ0n) is 18.0. The van der Waals surface area contributed by atoms with E-state index in [0.717, 1.165) is 16.7 Å². The van der Waals surface area contributed by atoms with Crippen molar-refractivity contribution in [1.29, 1.82) is 0 Å². The van der Waals surface area contributed by atoms with Gasteiger partial charge in [-0.1, -0.05) is 36.4 Å². The van der Waals surface area contributed by atoms with Crippen molar-refractivity contribution in [1.82, 2.24) is 4.90 Å². The van der Waals surface area contributed by atoms with Crippen LogP contribution in [0, 0.1) is 19.8 Å². The fourth-order valence-corrected chi connectivity index (χ4v) is 3.44. The summed E-state index contributed by atoms with van der Waals surface area (Å²) < 4.78 is 5.20. The summed E-state index contributed by atoms with van der Waals surface area (Å²) in [5.41, 5.74) is 3.87. The number of nitrogens with zero attached hydrogens (tertiary/aromatic N) is 1. The molecule has 2 aromatic rings. The molecule has 3 rings (SSSR count). The standard InChI is InChI=1S/C25H28N2O4/c1-18-8-10-22(16-19(18)2)26-23(28)17-31-25(30)21-12-14-27(15-13-21)24(29)11-9-20-6-4-3-5-7-20/h3-11,16,21H,12-15,17H2,1-2H3,(H,26,28)/b11-9+. The molecule has 1 aliphatic rings. The summed E-state index contributed by atoms with van der Waals surface area (Å²) in [5, 5.41) is 2.74.